The second-order valence-electron chi connectivity index (χ2n) is 4.78. The Morgan fingerprint density at radius 1 is 1.08 bits per heavy atom. The van der Waals surface area contributed by atoms with E-state index >= 15 is 0 Å². The van der Waals surface area contributed by atoms with Gasteiger partial charge in [-0.25, -0.2) is 19.3 Å². The monoisotopic (exact) mass is 328 g/mol. The van der Waals surface area contributed by atoms with Crippen LogP contribution < -0.4 is 11.0 Å². The van der Waals surface area contributed by atoms with Gasteiger partial charge in [0, 0.05) is 5.39 Å². The number of hydrazone groups is 1. The second-order valence-corrected chi connectivity index (χ2v) is 4.78. The first-order valence-electron chi connectivity index (χ1n) is 6.83. The van der Waals surface area contributed by atoms with Crippen LogP contribution in [-0.4, -0.2) is 22.3 Å². The Labute approximate surface area is 133 Å². The van der Waals surface area contributed by atoms with Crippen LogP contribution in [0.5, 0.6) is 0 Å². The molecule has 2 N–H and O–H groups in total. The van der Waals surface area contributed by atoms with Crippen LogP contribution in [0.1, 0.15) is 16.1 Å². The van der Waals surface area contributed by atoms with E-state index in [2.05, 4.69) is 20.7 Å². The lowest BCUT2D eigenvalue weighted by Crippen LogP contribution is -2.22. The van der Waals surface area contributed by atoms with Crippen LogP contribution in [0.2, 0.25) is 0 Å². The summed E-state index contributed by atoms with van der Waals surface area (Å²) in [5.41, 5.74) is 1.26. The molecule has 1 amide bonds. The number of aromatic amines is 1. The first kappa shape index (κ1) is 15.5. The predicted molar refractivity (Wildman–Crippen MR) is 83.8 cm³/mol. The van der Waals surface area contributed by atoms with Gasteiger partial charge in [0.1, 0.15) is 11.6 Å². The zero-order valence-electron chi connectivity index (χ0n) is 12.1. The predicted octanol–water partition coefficient (Wildman–Crippen LogP) is 1.97. The Bertz CT molecular complexity index is 994. The third-order valence-electron chi connectivity index (χ3n) is 3.27. The maximum Gasteiger partial charge on any atom is 0.292 e. The van der Waals surface area contributed by atoms with Gasteiger partial charge in [-0.2, -0.15) is 10.2 Å². The van der Waals surface area contributed by atoms with Gasteiger partial charge < -0.3 is 0 Å². The van der Waals surface area contributed by atoms with Crippen LogP contribution in [-0.2, 0) is 0 Å². The fourth-order valence-electron chi connectivity index (χ4n) is 2.13. The SMILES string of the molecule is O=C(N/N=C/c1c(F)cccc1F)c1n[nH]c(=O)c2ccccc12. The minimum Gasteiger partial charge on any atom is -0.267 e. The van der Waals surface area contributed by atoms with E-state index in [4.69, 9.17) is 0 Å². The highest BCUT2D eigenvalue weighted by atomic mass is 19.1. The van der Waals surface area contributed by atoms with Crippen molar-refractivity contribution < 1.29 is 13.6 Å². The molecule has 0 aliphatic carbocycles. The van der Waals surface area contributed by atoms with Gasteiger partial charge in [0.2, 0.25) is 0 Å². The molecule has 2 aromatic carbocycles. The third kappa shape index (κ3) is 2.89. The number of H-pyrrole nitrogens is 1. The topological polar surface area (TPSA) is 87.2 Å². The molecule has 0 saturated heterocycles. The van der Waals surface area contributed by atoms with Gasteiger partial charge in [-0.15, -0.1) is 0 Å². The molecule has 0 spiro atoms. The number of halogens is 2. The van der Waals surface area contributed by atoms with Gasteiger partial charge in [-0.1, -0.05) is 24.3 Å². The average Bonchev–Trinajstić information content (AvgIpc) is 2.58. The summed E-state index contributed by atoms with van der Waals surface area (Å²) in [7, 11) is 0. The summed E-state index contributed by atoms with van der Waals surface area (Å²) >= 11 is 0. The van der Waals surface area contributed by atoms with Crippen molar-refractivity contribution in [2.24, 2.45) is 5.10 Å². The van der Waals surface area contributed by atoms with Crippen LogP contribution in [0.4, 0.5) is 8.78 Å². The highest BCUT2D eigenvalue weighted by molar-refractivity contribution is 6.04. The lowest BCUT2D eigenvalue weighted by Gasteiger charge is -2.03. The number of carbonyl (C=O) groups is 1. The first-order valence-corrected chi connectivity index (χ1v) is 6.83. The van der Waals surface area contributed by atoms with E-state index in [-0.39, 0.29) is 11.3 Å². The molecule has 0 unspecified atom stereocenters. The van der Waals surface area contributed by atoms with Gasteiger partial charge >= 0.3 is 0 Å². The molecule has 3 rings (SSSR count). The summed E-state index contributed by atoms with van der Waals surface area (Å²) in [6.45, 7) is 0. The lowest BCUT2D eigenvalue weighted by atomic mass is 10.1. The third-order valence-corrected chi connectivity index (χ3v) is 3.27. The van der Waals surface area contributed by atoms with Crippen LogP contribution in [0.3, 0.4) is 0 Å². The Morgan fingerprint density at radius 2 is 1.75 bits per heavy atom. The molecule has 8 heteroatoms. The van der Waals surface area contributed by atoms with Gasteiger partial charge in [-0.3, -0.25) is 9.59 Å². The van der Waals surface area contributed by atoms with Crippen molar-refractivity contribution in [1.82, 2.24) is 15.6 Å². The molecule has 1 heterocycles. The van der Waals surface area contributed by atoms with E-state index in [1.807, 2.05) is 0 Å². The number of fused-ring (bicyclic) bond motifs is 1. The highest BCUT2D eigenvalue weighted by Crippen LogP contribution is 2.12. The van der Waals surface area contributed by atoms with Crippen molar-refractivity contribution in [3.8, 4) is 0 Å². The number of aromatic nitrogens is 2. The van der Waals surface area contributed by atoms with Crippen molar-refractivity contribution in [2.45, 2.75) is 0 Å². The summed E-state index contributed by atoms with van der Waals surface area (Å²) in [6, 6.07) is 9.78. The Morgan fingerprint density at radius 3 is 2.46 bits per heavy atom. The highest BCUT2D eigenvalue weighted by Gasteiger charge is 2.13. The summed E-state index contributed by atoms with van der Waals surface area (Å²) < 4.78 is 26.9. The first-order chi connectivity index (χ1) is 11.6. The number of amides is 1. The molecular formula is C16H10F2N4O2. The zero-order valence-corrected chi connectivity index (χ0v) is 12.1. The molecule has 1 aromatic heterocycles. The number of carbonyl (C=O) groups excluding carboxylic acids is 1. The van der Waals surface area contributed by atoms with Crippen LogP contribution in [0, 0.1) is 11.6 Å². The maximum atomic E-state index is 13.5. The standard InChI is InChI=1S/C16H10F2N4O2/c17-12-6-3-7-13(18)11(12)8-19-21-16(24)14-9-4-1-2-5-10(9)15(23)22-20-14/h1-8H,(H,21,24)(H,22,23)/b19-8+. The van der Waals surface area contributed by atoms with Crippen molar-refractivity contribution in [3.05, 3.63) is 75.7 Å². The lowest BCUT2D eigenvalue weighted by molar-refractivity contribution is 0.0951. The zero-order chi connectivity index (χ0) is 17.1. The van der Waals surface area contributed by atoms with Gasteiger partial charge in [0.25, 0.3) is 11.5 Å². The number of hydrogen-bond donors (Lipinski definition) is 2. The number of benzene rings is 2. The van der Waals surface area contributed by atoms with E-state index in [0.29, 0.717) is 10.8 Å². The number of hydrogen-bond acceptors (Lipinski definition) is 4. The molecule has 3 aromatic rings. The van der Waals surface area contributed by atoms with E-state index in [1.165, 1.54) is 6.07 Å². The molecule has 0 fully saturated rings. The quantitative estimate of drug-likeness (QED) is 0.569. The summed E-state index contributed by atoms with van der Waals surface area (Å²) in [6.07, 6.45) is 0.858. The van der Waals surface area contributed by atoms with Crippen molar-refractivity contribution in [3.63, 3.8) is 0 Å². The number of nitrogens with one attached hydrogen (secondary N) is 2. The molecule has 120 valence electrons. The Hall–Kier alpha value is -3.42. The smallest absolute Gasteiger partial charge is 0.267 e. The fraction of sp³-hybridized carbons (Fsp3) is 0. The molecular weight excluding hydrogens is 318 g/mol. The molecule has 0 atom stereocenters. The van der Waals surface area contributed by atoms with Gasteiger partial charge in [-0.05, 0) is 18.2 Å². The molecule has 0 aliphatic heterocycles. The molecule has 6 nitrogen and oxygen atoms in total. The van der Waals surface area contributed by atoms with Crippen molar-refractivity contribution in [2.75, 3.05) is 0 Å². The van der Waals surface area contributed by atoms with E-state index in [9.17, 15) is 18.4 Å². The molecule has 0 radical (unpaired) electrons. The molecule has 0 saturated carbocycles. The average molecular weight is 328 g/mol. The Kier molecular flexibility index (Phi) is 4.11. The van der Waals surface area contributed by atoms with Gasteiger partial charge in [0.15, 0.2) is 5.69 Å². The summed E-state index contributed by atoms with van der Waals surface area (Å²) in [5, 5.41) is 10.1. The Balaban J connectivity index is 1.88. The molecule has 0 aliphatic rings. The van der Waals surface area contributed by atoms with Crippen molar-refractivity contribution in [1.29, 1.82) is 0 Å². The number of nitrogens with zero attached hydrogens (tertiary/aromatic N) is 2. The largest absolute Gasteiger partial charge is 0.292 e. The fourth-order valence-corrected chi connectivity index (χ4v) is 2.13. The van der Waals surface area contributed by atoms with Crippen molar-refractivity contribution >= 4 is 22.9 Å². The van der Waals surface area contributed by atoms with Crippen LogP contribution >= 0.6 is 0 Å². The van der Waals surface area contributed by atoms with Gasteiger partial charge in [0.05, 0.1) is 17.2 Å². The van der Waals surface area contributed by atoms with Crippen LogP contribution in [0.15, 0.2) is 52.4 Å². The summed E-state index contributed by atoms with van der Waals surface area (Å²) in [5.74, 6) is -2.34. The second kappa shape index (κ2) is 6.37. The summed E-state index contributed by atoms with van der Waals surface area (Å²) in [4.78, 5) is 23.8. The minimum absolute atomic E-state index is 0.0589. The van der Waals surface area contributed by atoms with E-state index < -0.39 is 23.1 Å². The molecule has 24 heavy (non-hydrogen) atoms. The molecule has 0 bridgehead atoms. The van der Waals surface area contributed by atoms with Crippen LogP contribution in [0.25, 0.3) is 10.8 Å². The minimum atomic E-state index is -0.805. The normalized spacial score (nSPS) is 11.1. The van der Waals surface area contributed by atoms with E-state index in [0.717, 1.165) is 18.3 Å². The maximum absolute atomic E-state index is 13.5. The van der Waals surface area contributed by atoms with E-state index in [1.54, 1.807) is 24.3 Å². The number of rotatable bonds is 3.